The number of anilines is 1. The van der Waals surface area contributed by atoms with Crippen molar-refractivity contribution >= 4 is 11.4 Å². The second-order valence-electron chi connectivity index (χ2n) is 2.54. The van der Waals surface area contributed by atoms with Crippen LogP contribution in [0.2, 0.25) is 0 Å². The van der Waals surface area contributed by atoms with Gasteiger partial charge in [0.25, 0.3) is 0 Å². The van der Waals surface area contributed by atoms with Crippen molar-refractivity contribution in [3.05, 3.63) is 29.6 Å². The standard InChI is InChI=1S/C9H11FN2.2C2H6/c1-6(11)7-4-3-5-8(10)9(7)12-2;2*1-2/h3-5,11-12H,1-2H3;2*1-2H3. The Bertz CT molecular complexity index is 309. The van der Waals surface area contributed by atoms with Crippen LogP contribution in [0, 0.1) is 11.2 Å². The molecule has 0 atom stereocenters. The lowest BCUT2D eigenvalue weighted by atomic mass is 10.1. The zero-order valence-electron chi connectivity index (χ0n) is 11.1. The van der Waals surface area contributed by atoms with Gasteiger partial charge >= 0.3 is 0 Å². The van der Waals surface area contributed by atoms with Crippen LogP contribution in [0.1, 0.15) is 40.2 Å². The van der Waals surface area contributed by atoms with Gasteiger partial charge in [-0.25, -0.2) is 4.39 Å². The van der Waals surface area contributed by atoms with Crippen molar-refractivity contribution in [1.82, 2.24) is 0 Å². The van der Waals surface area contributed by atoms with Crippen LogP contribution in [-0.4, -0.2) is 12.8 Å². The molecule has 0 radical (unpaired) electrons. The number of para-hydroxylation sites is 1. The highest BCUT2D eigenvalue weighted by Crippen LogP contribution is 2.19. The molecule has 0 amide bonds. The normalized spacial score (nSPS) is 7.94. The van der Waals surface area contributed by atoms with Gasteiger partial charge in [-0.3, -0.25) is 0 Å². The lowest BCUT2D eigenvalue weighted by molar-refractivity contribution is 0.631. The Morgan fingerprint density at radius 2 is 1.69 bits per heavy atom. The fraction of sp³-hybridized carbons (Fsp3) is 0.462. The maximum Gasteiger partial charge on any atom is 0.146 e. The van der Waals surface area contributed by atoms with E-state index >= 15 is 0 Å². The molecular weight excluding hydrogens is 203 g/mol. The molecule has 2 nitrogen and oxygen atoms in total. The van der Waals surface area contributed by atoms with E-state index in [-0.39, 0.29) is 5.82 Å². The third-order valence-corrected chi connectivity index (χ3v) is 1.67. The molecule has 0 bridgehead atoms. The van der Waals surface area contributed by atoms with E-state index in [0.717, 1.165) is 0 Å². The predicted octanol–water partition coefficient (Wildman–Crippen LogP) is 4.31. The van der Waals surface area contributed by atoms with Gasteiger partial charge in [-0.15, -0.1) is 0 Å². The molecule has 1 aromatic rings. The van der Waals surface area contributed by atoms with Crippen LogP contribution in [0.25, 0.3) is 0 Å². The van der Waals surface area contributed by atoms with Gasteiger partial charge in [-0.05, 0) is 13.0 Å². The quantitative estimate of drug-likeness (QED) is 0.724. The minimum Gasteiger partial charge on any atom is -0.385 e. The SMILES string of the molecule is CC.CC.CNc1c(F)cccc1C(C)=N. The molecule has 1 aromatic carbocycles. The molecule has 1 rings (SSSR count). The minimum absolute atomic E-state index is 0.318. The molecule has 92 valence electrons. The first kappa shape index (κ1) is 17.0. The van der Waals surface area contributed by atoms with E-state index < -0.39 is 0 Å². The Kier molecular flexibility index (Phi) is 10.8. The number of hydrogen-bond acceptors (Lipinski definition) is 2. The van der Waals surface area contributed by atoms with E-state index in [9.17, 15) is 4.39 Å². The summed E-state index contributed by atoms with van der Waals surface area (Å²) in [6, 6.07) is 4.69. The Labute approximate surface area is 98.4 Å². The maximum atomic E-state index is 13.1. The predicted molar refractivity (Wildman–Crippen MR) is 71.1 cm³/mol. The molecule has 0 saturated heterocycles. The highest BCUT2D eigenvalue weighted by Gasteiger charge is 2.06. The van der Waals surface area contributed by atoms with E-state index in [1.54, 1.807) is 26.1 Å². The summed E-state index contributed by atoms with van der Waals surface area (Å²) in [6.45, 7) is 9.63. The molecular formula is C13H23FN2. The summed E-state index contributed by atoms with van der Waals surface area (Å²) in [7, 11) is 1.64. The third kappa shape index (κ3) is 4.91. The molecule has 0 aliphatic rings. The van der Waals surface area contributed by atoms with Crippen molar-refractivity contribution < 1.29 is 4.39 Å². The maximum absolute atomic E-state index is 13.1. The van der Waals surface area contributed by atoms with Crippen LogP contribution >= 0.6 is 0 Å². The molecule has 0 aliphatic heterocycles. The van der Waals surface area contributed by atoms with Crippen molar-refractivity contribution in [3.8, 4) is 0 Å². The molecule has 0 unspecified atom stereocenters. The molecule has 16 heavy (non-hydrogen) atoms. The van der Waals surface area contributed by atoms with E-state index in [4.69, 9.17) is 5.41 Å². The van der Waals surface area contributed by atoms with Crippen LogP contribution in [0.15, 0.2) is 18.2 Å². The van der Waals surface area contributed by atoms with Crippen molar-refractivity contribution in [2.45, 2.75) is 34.6 Å². The Hall–Kier alpha value is -1.38. The first-order valence-electron chi connectivity index (χ1n) is 5.68. The van der Waals surface area contributed by atoms with E-state index in [0.29, 0.717) is 17.0 Å². The van der Waals surface area contributed by atoms with Crippen molar-refractivity contribution in [2.24, 2.45) is 0 Å². The molecule has 0 saturated carbocycles. The van der Waals surface area contributed by atoms with Crippen molar-refractivity contribution in [3.63, 3.8) is 0 Å². The Morgan fingerprint density at radius 1 is 1.19 bits per heavy atom. The molecule has 0 aliphatic carbocycles. The molecule has 0 heterocycles. The summed E-state index contributed by atoms with van der Waals surface area (Å²) in [4.78, 5) is 0. The fourth-order valence-corrected chi connectivity index (χ4v) is 1.09. The van der Waals surface area contributed by atoms with Gasteiger partial charge in [0.2, 0.25) is 0 Å². The molecule has 0 spiro atoms. The van der Waals surface area contributed by atoms with E-state index in [1.165, 1.54) is 6.07 Å². The van der Waals surface area contributed by atoms with Gasteiger partial charge in [0.15, 0.2) is 0 Å². The lowest BCUT2D eigenvalue weighted by Gasteiger charge is -2.07. The average molecular weight is 226 g/mol. The summed E-state index contributed by atoms with van der Waals surface area (Å²) in [5.74, 6) is -0.318. The lowest BCUT2D eigenvalue weighted by Crippen LogP contribution is -2.02. The first-order chi connectivity index (χ1) is 7.66. The summed E-state index contributed by atoms with van der Waals surface area (Å²) in [5.41, 5.74) is 1.36. The minimum atomic E-state index is -0.318. The van der Waals surface area contributed by atoms with Crippen LogP contribution in [0.3, 0.4) is 0 Å². The molecule has 2 N–H and O–H groups in total. The van der Waals surface area contributed by atoms with E-state index in [2.05, 4.69) is 5.32 Å². The highest BCUT2D eigenvalue weighted by atomic mass is 19.1. The number of halogens is 1. The first-order valence-corrected chi connectivity index (χ1v) is 5.68. The number of hydrogen-bond donors (Lipinski definition) is 2. The monoisotopic (exact) mass is 226 g/mol. The van der Waals surface area contributed by atoms with Crippen LogP contribution < -0.4 is 5.32 Å². The summed E-state index contributed by atoms with van der Waals surface area (Å²) in [5, 5.41) is 10.1. The van der Waals surface area contributed by atoms with Gasteiger partial charge < -0.3 is 10.7 Å². The topological polar surface area (TPSA) is 35.9 Å². The van der Waals surface area contributed by atoms with Crippen molar-refractivity contribution in [2.75, 3.05) is 12.4 Å². The van der Waals surface area contributed by atoms with Gasteiger partial charge in [-0.2, -0.15) is 0 Å². The second-order valence-corrected chi connectivity index (χ2v) is 2.54. The highest BCUT2D eigenvalue weighted by molar-refractivity contribution is 6.01. The van der Waals surface area contributed by atoms with Crippen molar-refractivity contribution in [1.29, 1.82) is 5.41 Å². The van der Waals surface area contributed by atoms with Crippen LogP contribution in [-0.2, 0) is 0 Å². The average Bonchev–Trinajstić information content (AvgIpc) is 2.33. The van der Waals surface area contributed by atoms with Gasteiger partial charge in [0, 0.05) is 18.3 Å². The van der Waals surface area contributed by atoms with Crippen LogP contribution in [0.4, 0.5) is 10.1 Å². The summed E-state index contributed by atoms with van der Waals surface area (Å²) >= 11 is 0. The van der Waals surface area contributed by atoms with Gasteiger partial charge in [0.05, 0.1) is 5.69 Å². The summed E-state index contributed by atoms with van der Waals surface area (Å²) < 4.78 is 13.1. The van der Waals surface area contributed by atoms with Gasteiger partial charge in [-0.1, -0.05) is 39.8 Å². The van der Waals surface area contributed by atoms with E-state index in [1.807, 2.05) is 27.7 Å². The molecule has 0 aromatic heterocycles. The Balaban J connectivity index is 0. The Morgan fingerprint density at radius 3 is 2.00 bits per heavy atom. The number of rotatable bonds is 2. The van der Waals surface area contributed by atoms with Crippen LogP contribution in [0.5, 0.6) is 0 Å². The number of nitrogens with one attached hydrogen (secondary N) is 2. The molecule has 3 heteroatoms. The molecule has 0 fully saturated rings. The second kappa shape index (κ2) is 10.1. The zero-order chi connectivity index (χ0) is 13.1. The third-order valence-electron chi connectivity index (χ3n) is 1.67. The smallest absolute Gasteiger partial charge is 0.146 e. The fourth-order valence-electron chi connectivity index (χ4n) is 1.09. The summed E-state index contributed by atoms with van der Waals surface area (Å²) in [6.07, 6.45) is 0. The zero-order valence-corrected chi connectivity index (χ0v) is 11.1. The largest absolute Gasteiger partial charge is 0.385 e. The number of benzene rings is 1. The van der Waals surface area contributed by atoms with Gasteiger partial charge in [0.1, 0.15) is 5.82 Å².